The van der Waals surface area contributed by atoms with E-state index >= 15 is 0 Å². The summed E-state index contributed by atoms with van der Waals surface area (Å²) in [5.74, 6) is -0.431. The van der Waals surface area contributed by atoms with Crippen LogP contribution < -0.4 is 5.43 Å². The molecule has 8 heteroatoms. The largest absolute Gasteiger partial charge is 0.450 e. The van der Waals surface area contributed by atoms with Gasteiger partial charge in [0.1, 0.15) is 5.58 Å². The van der Waals surface area contributed by atoms with Gasteiger partial charge in [-0.05, 0) is 42.3 Å². The molecule has 136 valence electrons. The van der Waals surface area contributed by atoms with Crippen molar-refractivity contribution in [2.45, 2.75) is 13.0 Å². The molecule has 1 unspecified atom stereocenters. The summed E-state index contributed by atoms with van der Waals surface area (Å²) in [5.41, 5.74) is 1.42. The quantitative estimate of drug-likeness (QED) is 0.494. The van der Waals surface area contributed by atoms with E-state index in [-0.39, 0.29) is 22.4 Å². The highest BCUT2D eigenvalue weighted by molar-refractivity contribution is 6.32. The molecule has 1 atom stereocenters. The number of aryl methyl sites for hydroxylation is 1. The third kappa shape index (κ3) is 2.50. The Morgan fingerprint density at radius 1 is 1.19 bits per heavy atom. The molecule has 27 heavy (non-hydrogen) atoms. The van der Waals surface area contributed by atoms with Crippen LogP contribution in [-0.2, 0) is 0 Å². The summed E-state index contributed by atoms with van der Waals surface area (Å²) in [7, 11) is 1.56. The van der Waals surface area contributed by atoms with E-state index in [9.17, 15) is 19.7 Å². The minimum atomic E-state index is -0.686. The molecule has 0 aliphatic carbocycles. The van der Waals surface area contributed by atoms with E-state index < -0.39 is 16.9 Å². The predicted molar refractivity (Wildman–Crippen MR) is 99.3 cm³/mol. The molecule has 0 saturated carbocycles. The fraction of sp³-hybridized carbons (Fsp3) is 0.158. The molecule has 1 amide bonds. The molecule has 1 aromatic heterocycles. The van der Waals surface area contributed by atoms with Gasteiger partial charge < -0.3 is 9.32 Å². The van der Waals surface area contributed by atoms with E-state index in [0.29, 0.717) is 21.6 Å². The van der Waals surface area contributed by atoms with E-state index in [2.05, 4.69) is 0 Å². The molecule has 1 aliphatic rings. The van der Waals surface area contributed by atoms with Crippen molar-refractivity contribution in [1.29, 1.82) is 0 Å². The van der Waals surface area contributed by atoms with E-state index in [1.54, 1.807) is 20.0 Å². The molecule has 0 radical (unpaired) electrons. The topological polar surface area (TPSA) is 93.7 Å². The third-order valence-corrected chi connectivity index (χ3v) is 5.21. The van der Waals surface area contributed by atoms with Crippen molar-refractivity contribution in [2.24, 2.45) is 0 Å². The first-order valence-electron chi connectivity index (χ1n) is 8.08. The lowest BCUT2D eigenvalue weighted by molar-refractivity contribution is -0.384. The molecule has 7 nitrogen and oxygen atoms in total. The van der Waals surface area contributed by atoms with Gasteiger partial charge in [-0.15, -0.1) is 0 Å². The number of nitrogens with zero attached hydrogens (tertiary/aromatic N) is 2. The highest BCUT2D eigenvalue weighted by atomic mass is 35.5. The Morgan fingerprint density at radius 3 is 2.48 bits per heavy atom. The van der Waals surface area contributed by atoms with Crippen LogP contribution in [0.5, 0.6) is 0 Å². The van der Waals surface area contributed by atoms with Crippen LogP contribution in [0.2, 0.25) is 5.02 Å². The average molecular weight is 385 g/mol. The smallest absolute Gasteiger partial charge is 0.290 e. The van der Waals surface area contributed by atoms with Crippen molar-refractivity contribution in [3.05, 3.63) is 84.2 Å². The van der Waals surface area contributed by atoms with Crippen molar-refractivity contribution in [1.82, 2.24) is 4.90 Å². The summed E-state index contributed by atoms with van der Waals surface area (Å²) in [6, 6.07) is 8.23. The number of nitro benzene ring substituents is 1. The monoisotopic (exact) mass is 384 g/mol. The van der Waals surface area contributed by atoms with Crippen LogP contribution in [0.15, 0.2) is 45.6 Å². The third-order valence-electron chi connectivity index (χ3n) is 4.80. The zero-order valence-corrected chi connectivity index (χ0v) is 15.1. The summed E-state index contributed by atoms with van der Waals surface area (Å²) in [4.78, 5) is 37.5. The molecule has 3 aromatic rings. The minimum Gasteiger partial charge on any atom is -0.450 e. The highest BCUT2D eigenvalue weighted by Crippen LogP contribution is 2.37. The molecular formula is C19H13ClN2O5. The van der Waals surface area contributed by atoms with Gasteiger partial charge >= 0.3 is 0 Å². The van der Waals surface area contributed by atoms with Crippen LogP contribution in [0.1, 0.15) is 33.3 Å². The lowest BCUT2D eigenvalue weighted by Crippen LogP contribution is -2.25. The Labute approximate surface area is 157 Å². The molecule has 0 spiro atoms. The standard InChI is InChI=1S/C19H13ClN2O5/c1-9-7-14-12(8-13(9)20)17(23)15-16(21(2)19(24)18(15)27-14)10-3-5-11(6-4-10)22(25)26/h3-8,16H,1-2H3. The summed E-state index contributed by atoms with van der Waals surface area (Å²) in [5, 5.41) is 11.6. The Balaban J connectivity index is 1.97. The molecular weight excluding hydrogens is 372 g/mol. The Bertz CT molecular complexity index is 1180. The minimum absolute atomic E-state index is 0.0138. The van der Waals surface area contributed by atoms with Gasteiger partial charge in [0.25, 0.3) is 11.6 Å². The van der Waals surface area contributed by atoms with Crippen molar-refractivity contribution < 1.29 is 14.1 Å². The van der Waals surface area contributed by atoms with Gasteiger partial charge in [-0.3, -0.25) is 19.7 Å². The summed E-state index contributed by atoms with van der Waals surface area (Å²) < 4.78 is 5.76. The lowest BCUT2D eigenvalue weighted by atomic mass is 9.98. The second-order valence-electron chi connectivity index (χ2n) is 6.44. The highest BCUT2D eigenvalue weighted by Gasteiger charge is 2.40. The van der Waals surface area contributed by atoms with Crippen LogP contribution in [-0.4, -0.2) is 22.8 Å². The summed E-state index contributed by atoms with van der Waals surface area (Å²) >= 11 is 6.15. The first-order chi connectivity index (χ1) is 12.8. The maximum atomic E-state index is 13.1. The van der Waals surface area contributed by atoms with Crippen LogP contribution in [0.4, 0.5) is 5.69 Å². The number of amides is 1. The summed E-state index contributed by atoms with van der Waals surface area (Å²) in [6.07, 6.45) is 0. The Hall–Kier alpha value is -3.19. The second-order valence-corrected chi connectivity index (χ2v) is 6.85. The van der Waals surface area contributed by atoms with Gasteiger partial charge in [0, 0.05) is 24.2 Å². The summed E-state index contributed by atoms with van der Waals surface area (Å²) in [6.45, 7) is 1.78. The second kappa shape index (κ2) is 5.92. The number of hydrogen-bond donors (Lipinski definition) is 0. The number of halogens is 1. The maximum Gasteiger partial charge on any atom is 0.290 e. The number of nitro groups is 1. The van der Waals surface area contributed by atoms with Gasteiger partial charge in [0.15, 0.2) is 5.43 Å². The average Bonchev–Trinajstić information content (AvgIpc) is 2.89. The van der Waals surface area contributed by atoms with Gasteiger partial charge in [-0.1, -0.05) is 11.6 Å². The van der Waals surface area contributed by atoms with Gasteiger partial charge in [-0.25, -0.2) is 0 Å². The van der Waals surface area contributed by atoms with Gasteiger partial charge in [0.05, 0.1) is 21.9 Å². The number of non-ortho nitro benzene ring substituents is 1. The van der Waals surface area contributed by atoms with Crippen LogP contribution >= 0.6 is 11.6 Å². The zero-order valence-electron chi connectivity index (χ0n) is 14.4. The molecule has 0 fully saturated rings. The number of benzene rings is 2. The lowest BCUT2D eigenvalue weighted by Gasteiger charge is -2.20. The Kier molecular flexibility index (Phi) is 3.78. The molecule has 1 aliphatic heterocycles. The molecule has 2 heterocycles. The van der Waals surface area contributed by atoms with Crippen LogP contribution in [0.25, 0.3) is 11.0 Å². The first-order valence-corrected chi connectivity index (χ1v) is 8.45. The van der Waals surface area contributed by atoms with E-state index in [4.69, 9.17) is 16.0 Å². The molecule has 0 saturated heterocycles. The van der Waals surface area contributed by atoms with E-state index in [1.807, 2.05) is 0 Å². The number of rotatable bonds is 2. The first kappa shape index (κ1) is 17.2. The SMILES string of the molecule is Cc1cc2oc3c(c(=O)c2cc1Cl)C(c1ccc([N+](=O)[O-])cc1)N(C)C3=O. The normalized spacial score (nSPS) is 16.0. The maximum absolute atomic E-state index is 13.1. The Morgan fingerprint density at radius 2 is 1.85 bits per heavy atom. The number of carbonyl (C=O) groups is 1. The fourth-order valence-electron chi connectivity index (χ4n) is 3.38. The van der Waals surface area contributed by atoms with Gasteiger partial charge in [0.2, 0.25) is 5.76 Å². The van der Waals surface area contributed by atoms with Crippen molar-refractivity contribution in [3.63, 3.8) is 0 Å². The molecule has 0 bridgehead atoms. The van der Waals surface area contributed by atoms with E-state index in [0.717, 1.165) is 5.56 Å². The fourth-order valence-corrected chi connectivity index (χ4v) is 3.54. The van der Waals surface area contributed by atoms with Crippen molar-refractivity contribution >= 4 is 34.2 Å². The number of fused-ring (bicyclic) bond motifs is 2. The number of carbonyl (C=O) groups excluding carboxylic acids is 1. The van der Waals surface area contributed by atoms with Crippen LogP contribution in [0.3, 0.4) is 0 Å². The van der Waals surface area contributed by atoms with Crippen LogP contribution in [0, 0.1) is 17.0 Å². The van der Waals surface area contributed by atoms with Gasteiger partial charge in [-0.2, -0.15) is 0 Å². The molecule has 0 N–H and O–H groups in total. The zero-order chi connectivity index (χ0) is 19.5. The van der Waals surface area contributed by atoms with Crippen molar-refractivity contribution in [3.8, 4) is 0 Å². The predicted octanol–water partition coefficient (Wildman–Crippen LogP) is 3.84. The van der Waals surface area contributed by atoms with E-state index in [1.165, 1.54) is 35.2 Å². The number of hydrogen-bond acceptors (Lipinski definition) is 5. The molecule has 2 aromatic carbocycles. The molecule has 4 rings (SSSR count). The van der Waals surface area contributed by atoms with Crippen molar-refractivity contribution in [2.75, 3.05) is 7.05 Å².